The number of hydrogen-bond acceptors (Lipinski definition) is 7. The lowest BCUT2D eigenvalue weighted by atomic mass is 9.81. The van der Waals surface area contributed by atoms with Crippen molar-refractivity contribution in [3.05, 3.63) is 41.1 Å². The van der Waals surface area contributed by atoms with E-state index in [1.54, 1.807) is 25.3 Å². The Bertz CT molecular complexity index is 1380. The van der Waals surface area contributed by atoms with Gasteiger partial charge in [0.25, 0.3) is 5.91 Å². The third-order valence-corrected chi connectivity index (χ3v) is 7.72. The average Bonchev–Trinajstić information content (AvgIpc) is 3.55. The maximum atomic E-state index is 13.9. The first-order valence-corrected chi connectivity index (χ1v) is 13.1. The van der Waals surface area contributed by atoms with E-state index < -0.39 is 48.3 Å². The largest absolute Gasteiger partial charge is 0.393 e. The van der Waals surface area contributed by atoms with E-state index in [4.69, 9.17) is 4.63 Å². The molecule has 3 aromatic rings. The number of hydrogen-bond donors (Lipinski definition) is 2. The highest BCUT2D eigenvalue weighted by Gasteiger charge is 2.45. The van der Waals surface area contributed by atoms with E-state index in [9.17, 15) is 31.5 Å². The molecule has 2 unspecified atom stereocenters. The van der Waals surface area contributed by atoms with Gasteiger partial charge in [-0.25, -0.2) is 22.9 Å². The number of amides is 2. The monoisotopic (exact) mass is 569 g/mol. The first-order chi connectivity index (χ1) is 18.9. The predicted molar refractivity (Wildman–Crippen MR) is 128 cm³/mol. The van der Waals surface area contributed by atoms with Crippen LogP contribution in [0.25, 0.3) is 5.65 Å². The van der Waals surface area contributed by atoms with Crippen LogP contribution in [0.15, 0.2) is 23.0 Å². The van der Waals surface area contributed by atoms with Crippen LogP contribution in [0, 0.1) is 17.8 Å². The lowest BCUT2D eigenvalue weighted by Crippen LogP contribution is -2.47. The second-order valence-electron chi connectivity index (χ2n) is 10.5. The average molecular weight is 570 g/mol. The van der Waals surface area contributed by atoms with E-state index in [1.807, 2.05) is 0 Å². The number of alkyl halides is 5. The van der Waals surface area contributed by atoms with Crippen LogP contribution in [0.2, 0.25) is 0 Å². The summed E-state index contributed by atoms with van der Waals surface area (Å²) in [5.74, 6) is -6.68. The zero-order valence-electron chi connectivity index (χ0n) is 21.5. The molecule has 2 fully saturated rings. The molecule has 0 aromatic carbocycles. The molecule has 3 aromatic heterocycles. The van der Waals surface area contributed by atoms with Gasteiger partial charge in [-0.3, -0.25) is 9.59 Å². The van der Waals surface area contributed by atoms with Gasteiger partial charge in [0, 0.05) is 31.7 Å². The Hall–Kier alpha value is -3.65. The molecule has 4 heterocycles. The minimum absolute atomic E-state index is 0.000680. The minimum atomic E-state index is -4.41. The Morgan fingerprint density at radius 1 is 1.25 bits per heavy atom. The summed E-state index contributed by atoms with van der Waals surface area (Å²) >= 11 is 0. The van der Waals surface area contributed by atoms with Crippen LogP contribution < -0.4 is 10.6 Å². The fraction of sp³-hybridized carbons (Fsp3) is 0.600. The normalized spacial score (nSPS) is 22.7. The summed E-state index contributed by atoms with van der Waals surface area (Å²) in [7, 11) is 0. The molecule has 1 aliphatic carbocycles. The van der Waals surface area contributed by atoms with Crippen LogP contribution in [0.5, 0.6) is 0 Å². The van der Waals surface area contributed by atoms with Crippen LogP contribution in [0.4, 0.5) is 22.0 Å². The van der Waals surface area contributed by atoms with Gasteiger partial charge in [-0.05, 0) is 48.9 Å². The molecular formula is C25H28F5N7O3. The van der Waals surface area contributed by atoms with Crippen molar-refractivity contribution in [1.82, 2.24) is 35.5 Å². The first kappa shape index (κ1) is 27.9. The summed E-state index contributed by atoms with van der Waals surface area (Å²) < 4.78 is 73.6. The van der Waals surface area contributed by atoms with Crippen LogP contribution in [-0.2, 0) is 17.6 Å². The third kappa shape index (κ3) is 5.92. The quantitative estimate of drug-likeness (QED) is 0.414. The number of imidazole rings is 1. The third-order valence-electron chi connectivity index (χ3n) is 7.72. The van der Waals surface area contributed by atoms with E-state index in [2.05, 4.69) is 31.0 Å². The number of fused-ring (bicyclic) bond motifs is 1. The number of rotatable bonds is 7. The van der Waals surface area contributed by atoms with Crippen molar-refractivity contribution in [1.29, 1.82) is 0 Å². The Labute approximate surface area is 225 Å². The maximum Gasteiger partial charge on any atom is 0.393 e. The van der Waals surface area contributed by atoms with Gasteiger partial charge in [0.1, 0.15) is 5.69 Å². The fourth-order valence-corrected chi connectivity index (χ4v) is 5.43. The van der Waals surface area contributed by atoms with Gasteiger partial charge in [-0.2, -0.15) is 18.3 Å². The molecular weight excluding hydrogens is 541 g/mol. The SMILES string of the molecule is CCc1nonc1C(=O)NC(c1cn2nc(CC3C[C@@H](C(F)(F)F)CNC3=O)ccc2n1)C1CCC(F)(F)CC1. The highest BCUT2D eigenvalue weighted by atomic mass is 19.4. The van der Waals surface area contributed by atoms with Gasteiger partial charge in [-0.1, -0.05) is 12.1 Å². The molecule has 0 spiro atoms. The summed E-state index contributed by atoms with van der Waals surface area (Å²) in [6, 6.07) is 2.45. The Kier molecular flexibility index (Phi) is 7.48. The van der Waals surface area contributed by atoms with Gasteiger partial charge in [0.15, 0.2) is 11.3 Å². The second kappa shape index (κ2) is 10.7. The Morgan fingerprint density at radius 3 is 2.70 bits per heavy atom. The van der Waals surface area contributed by atoms with Gasteiger partial charge in [0.05, 0.1) is 29.5 Å². The number of halogens is 5. The van der Waals surface area contributed by atoms with Crippen molar-refractivity contribution < 1.29 is 36.2 Å². The lowest BCUT2D eigenvalue weighted by Gasteiger charge is -2.33. The number of nitrogens with zero attached hydrogens (tertiary/aromatic N) is 5. The molecule has 3 atom stereocenters. The van der Waals surface area contributed by atoms with Crippen LogP contribution in [0.3, 0.4) is 0 Å². The number of carbonyl (C=O) groups is 2. The molecule has 5 rings (SSSR count). The number of aryl methyl sites for hydroxylation is 1. The number of aromatic nitrogens is 5. The van der Waals surface area contributed by atoms with Crippen LogP contribution in [0.1, 0.15) is 72.6 Å². The molecule has 40 heavy (non-hydrogen) atoms. The first-order valence-electron chi connectivity index (χ1n) is 13.1. The molecule has 2 aliphatic rings. The Morgan fingerprint density at radius 2 is 2.00 bits per heavy atom. The van der Waals surface area contributed by atoms with Crippen molar-refractivity contribution >= 4 is 17.5 Å². The minimum Gasteiger partial charge on any atom is -0.355 e. The zero-order chi connectivity index (χ0) is 28.7. The summed E-state index contributed by atoms with van der Waals surface area (Å²) in [5, 5.41) is 17.0. The predicted octanol–water partition coefficient (Wildman–Crippen LogP) is 3.83. The van der Waals surface area contributed by atoms with Crippen molar-refractivity contribution in [2.75, 3.05) is 6.54 Å². The molecule has 2 amide bonds. The number of nitrogens with one attached hydrogen (secondary N) is 2. The second-order valence-corrected chi connectivity index (χ2v) is 10.5. The van der Waals surface area contributed by atoms with Crippen molar-refractivity contribution in [3.63, 3.8) is 0 Å². The lowest BCUT2D eigenvalue weighted by molar-refractivity contribution is -0.183. The molecule has 1 saturated carbocycles. The van der Waals surface area contributed by atoms with Crippen molar-refractivity contribution in [3.8, 4) is 0 Å². The summed E-state index contributed by atoms with van der Waals surface area (Å²) in [6.07, 6.45) is -3.14. The number of piperidine rings is 1. The van der Waals surface area contributed by atoms with E-state index in [0.29, 0.717) is 29.1 Å². The van der Waals surface area contributed by atoms with Gasteiger partial charge in [0.2, 0.25) is 11.8 Å². The highest BCUT2D eigenvalue weighted by Crippen LogP contribution is 2.41. The highest BCUT2D eigenvalue weighted by molar-refractivity contribution is 5.93. The molecule has 1 aliphatic heterocycles. The molecule has 10 nitrogen and oxygen atoms in total. The van der Waals surface area contributed by atoms with Crippen molar-refractivity contribution in [2.24, 2.45) is 17.8 Å². The standard InChI is InChI=1S/C25H28F5N7O3/c1-2-17-21(36-40-35-17)23(39)33-20(13-5-7-24(26,27)8-6-13)18-12-37-19(32-18)4-3-16(34-37)10-14-9-15(25(28,29)30)11-31-22(14)38/h3-4,12-15,20H,2,5-11H2,1H3,(H,31,38)(H,33,39)/t14?,15-,20?/m1/s1. The summed E-state index contributed by atoms with van der Waals surface area (Å²) in [5.41, 5.74) is 1.51. The van der Waals surface area contributed by atoms with Crippen LogP contribution in [-0.4, -0.2) is 55.4 Å². The topological polar surface area (TPSA) is 127 Å². The van der Waals surface area contributed by atoms with Gasteiger partial charge < -0.3 is 10.6 Å². The van der Waals surface area contributed by atoms with E-state index >= 15 is 0 Å². The summed E-state index contributed by atoms with van der Waals surface area (Å²) in [4.78, 5) is 29.9. The molecule has 0 radical (unpaired) electrons. The molecule has 15 heteroatoms. The van der Waals surface area contributed by atoms with E-state index in [0.717, 1.165) is 0 Å². The molecule has 1 saturated heterocycles. The van der Waals surface area contributed by atoms with E-state index in [-0.39, 0.29) is 50.1 Å². The number of carbonyl (C=O) groups excluding carboxylic acids is 2. The zero-order valence-corrected chi connectivity index (χ0v) is 21.5. The molecule has 2 N–H and O–H groups in total. The van der Waals surface area contributed by atoms with Gasteiger partial charge >= 0.3 is 6.18 Å². The van der Waals surface area contributed by atoms with E-state index in [1.165, 1.54) is 4.52 Å². The van der Waals surface area contributed by atoms with Crippen LogP contribution >= 0.6 is 0 Å². The Balaban J connectivity index is 1.39. The fourth-order valence-electron chi connectivity index (χ4n) is 5.43. The van der Waals surface area contributed by atoms with Gasteiger partial charge in [-0.15, -0.1) is 0 Å². The molecule has 0 bridgehead atoms. The maximum absolute atomic E-state index is 13.9. The molecule has 216 valence electrons. The summed E-state index contributed by atoms with van der Waals surface area (Å²) in [6.45, 7) is 1.34. The smallest absolute Gasteiger partial charge is 0.355 e. The van der Waals surface area contributed by atoms with Crippen molar-refractivity contribution in [2.45, 2.75) is 70.0 Å².